The molecule has 1 amide bonds. The third-order valence-corrected chi connectivity index (χ3v) is 4.35. The molecule has 0 unspecified atom stereocenters. The standard InChI is InChI=1S/C16H22N2O2S/c1-11(8-13-6-5-7-20-13)17-14(19)9-12-10-21-15(18-12)16(2,3)4/h5-7,10-11H,8-9H2,1-4H3,(H,17,19)/t11-/m1/s1. The van der Waals surface area contributed by atoms with Crippen molar-refractivity contribution in [1.82, 2.24) is 10.3 Å². The summed E-state index contributed by atoms with van der Waals surface area (Å²) < 4.78 is 5.28. The van der Waals surface area contributed by atoms with E-state index in [2.05, 4.69) is 31.1 Å². The van der Waals surface area contributed by atoms with Crippen LogP contribution in [0.1, 0.15) is 44.2 Å². The molecule has 21 heavy (non-hydrogen) atoms. The number of carbonyl (C=O) groups is 1. The second-order valence-corrected chi connectivity index (χ2v) is 7.18. The summed E-state index contributed by atoms with van der Waals surface area (Å²) in [4.78, 5) is 16.6. The van der Waals surface area contributed by atoms with E-state index in [1.165, 1.54) is 0 Å². The first kappa shape index (κ1) is 15.8. The lowest BCUT2D eigenvalue weighted by Crippen LogP contribution is -2.35. The summed E-state index contributed by atoms with van der Waals surface area (Å²) in [7, 11) is 0. The molecule has 0 aliphatic heterocycles. The molecule has 1 atom stereocenters. The van der Waals surface area contributed by atoms with Gasteiger partial charge in [-0.15, -0.1) is 11.3 Å². The molecule has 0 radical (unpaired) electrons. The summed E-state index contributed by atoms with van der Waals surface area (Å²) in [6.45, 7) is 8.35. The predicted octanol–water partition coefficient (Wildman–Crippen LogP) is 3.32. The van der Waals surface area contributed by atoms with E-state index in [0.29, 0.717) is 12.8 Å². The number of thiazole rings is 1. The Bertz CT molecular complexity index is 582. The molecule has 0 bridgehead atoms. The molecular formula is C16H22N2O2S. The molecule has 0 aliphatic carbocycles. The van der Waals surface area contributed by atoms with E-state index >= 15 is 0 Å². The number of hydrogen-bond acceptors (Lipinski definition) is 4. The smallest absolute Gasteiger partial charge is 0.226 e. The number of hydrogen-bond donors (Lipinski definition) is 1. The van der Waals surface area contributed by atoms with E-state index in [1.807, 2.05) is 24.4 Å². The van der Waals surface area contributed by atoms with Gasteiger partial charge in [0.25, 0.3) is 0 Å². The summed E-state index contributed by atoms with van der Waals surface area (Å²) in [6.07, 6.45) is 2.67. The minimum absolute atomic E-state index is 0.000171. The molecule has 1 N–H and O–H groups in total. The first-order valence-corrected chi connectivity index (χ1v) is 7.99. The Balaban J connectivity index is 1.85. The molecule has 2 rings (SSSR count). The summed E-state index contributed by atoms with van der Waals surface area (Å²) in [5.41, 5.74) is 0.874. The van der Waals surface area contributed by atoms with E-state index in [0.717, 1.165) is 16.5 Å². The molecule has 4 nitrogen and oxygen atoms in total. The Morgan fingerprint density at radius 1 is 1.48 bits per heavy atom. The van der Waals surface area contributed by atoms with Crippen LogP contribution < -0.4 is 5.32 Å². The molecule has 114 valence electrons. The Morgan fingerprint density at radius 3 is 2.81 bits per heavy atom. The quantitative estimate of drug-likeness (QED) is 0.922. The number of carbonyl (C=O) groups excluding carboxylic acids is 1. The lowest BCUT2D eigenvalue weighted by molar-refractivity contribution is -0.121. The maximum Gasteiger partial charge on any atom is 0.226 e. The van der Waals surface area contributed by atoms with Crippen LogP contribution in [-0.2, 0) is 23.1 Å². The van der Waals surface area contributed by atoms with Crippen molar-refractivity contribution in [2.45, 2.75) is 52.0 Å². The van der Waals surface area contributed by atoms with Crippen molar-refractivity contribution in [2.75, 3.05) is 0 Å². The maximum absolute atomic E-state index is 12.0. The fraction of sp³-hybridized carbons (Fsp3) is 0.500. The van der Waals surface area contributed by atoms with Gasteiger partial charge in [-0.1, -0.05) is 20.8 Å². The zero-order valence-corrected chi connectivity index (χ0v) is 13.8. The molecule has 0 aromatic carbocycles. The van der Waals surface area contributed by atoms with Gasteiger partial charge in [-0.25, -0.2) is 4.98 Å². The highest BCUT2D eigenvalue weighted by Crippen LogP contribution is 2.25. The van der Waals surface area contributed by atoms with E-state index in [4.69, 9.17) is 4.42 Å². The molecule has 0 aliphatic rings. The van der Waals surface area contributed by atoms with Crippen molar-refractivity contribution in [1.29, 1.82) is 0 Å². The van der Waals surface area contributed by atoms with Gasteiger partial charge < -0.3 is 9.73 Å². The Labute approximate surface area is 129 Å². The van der Waals surface area contributed by atoms with Crippen LogP contribution in [0.4, 0.5) is 0 Å². The SMILES string of the molecule is C[C@H](Cc1ccco1)NC(=O)Cc1csc(C(C)(C)C)n1. The van der Waals surface area contributed by atoms with Crippen molar-refractivity contribution < 1.29 is 9.21 Å². The van der Waals surface area contributed by atoms with Crippen LogP contribution in [0.25, 0.3) is 0 Å². The van der Waals surface area contributed by atoms with Gasteiger partial charge in [-0.05, 0) is 19.1 Å². The molecule has 0 spiro atoms. The number of amides is 1. The summed E-state index contributed by atoms with van der Waals surface area (Å²) in [5.74, 6) is 0.881. The van der Waals surface area contributed by atoms with Crippen molar-refractivity contribution in [3.8, 4) is 0 Å². The van der Waals surface area contributed by atoms with Gasteiger partial charge in [0.2, 0.25) is 5.91 Å². The second kappa shape index (κ2) is 6.43. The Kier molecular flexibility index (Phi) is 4.83. The van der Waals surface area contributed by atoms with Gasteiger partial charge in [0.15, 0.2) is 0 Å². The van der Waals surface area contributed by atoms with Crippen LogP contribution in [0.15, 0.2) is 28.2 Å². The fourth-order valence-corrected chi connectivity index (χ4v) is 2.91. The Morgan fingerprint density at radius 2 is 2.24 bits per heavy atom. The van der Waals surface area contributed by atoms with Crippen LogP contribution in [0.3, 0.4) is 0 Å². The number of rotatable bonds is 5. The zero-order valence-electron chi connectivity index (χ0n) is 13.0. The molecule has 2 aromatic rings. The minimum Gasteiger partial charge on any atom is -0.469 e. The molecule has 0 saturated carbocycles. The van der Waals surface area contributed by atoms with Gasteiger partial charge >= 0.3 is 0 Å². The highest BCUT2D eigenvalue weighted by atomic mass is 32.1. The Hall–Kier alpha value is -1.62. The van der Waals surface area contributed by atoms with Gasteiger partial charge in [-0.3, -0.25) is 4.79 Å². The monoisotopic (exact) mass is 306 g/mol. The molecular weight excluding hydrogens is 284 g/mol. The van der Waals surface area contributed by atoms with Crippen molar-refractivity contribution in [3.05, 3.63) is 40.2 Å². The van der Waals surface area contributed by atoms with Crippen LogP contribution in [-0.4, -0.2) is 16.9 Å². The number of nitrogens with one attached hydrogen (secondary N) is 1. The fourth-order valence-electron chi connectivity index (χ4n) is 2.00. The summed E-state index contributed by atoms with van der Waals surface area (Å²) in [6, 6.07) is 3.82. The molecule has 2 aromatic heterocycles. The largest absolute Gasteiger partial charge is 0.469 e. The van der Waals surface area contributed by atoms with E-state index < -0.39 is 0 Å². The van der Waals surface area contributed by atoms with Crippen LogP contribution in [0, 0.1) is 0 Å². The van der Waals surface area contributed by atoms with E-state index in [-0.39, 0.29) is 17.4 Å². The zero-order chi connectivity index (χ0) is 15.5. The van der Waals surface area contributed by atoms with Crippen molar-refractivity contribution in [2.24, 2.45) is 0 Å². The van der Waals surface area contributed by atoms with E-state index in [9.17, 15) is 4.79 Å². The number of nitrogens with zero attached hydrogens (tertiary/aromatic N) is 1. The van der Waals surface area contributed by atoms with Crippen molar-refractivity contribution >= 4 is 17.2 Å². The second-order valence-electron chi connectivity index (χ2n) is 6.32. The first-order valence-electron chi connectivity index (χ1n) is 7.11. The van der Waals surface area contributed by atoms with Crippen molar-refractivity contribution in [3.63, 3.8) is 0 Å². The van der Waals surface area contributed by atoms with Gasteiger partial charge in [0.1, 0.15) is 5.76 Å². The van der Waals surface area contributed by atoms with Crippen LogP contribution >= 0.6 is 11.3 Å². The highest BCUT2D eigenvalue weighted by Gasteiger charge is 2.19. The molecule has 2 heterocycles. The molecule has 0 fully saturated rings. The topological polar surface area (TPSA) is 55.1 Å². The number of aromatic nitrogens is 1. The van der Waals surface area contributed by atoms with Gasteiger partial charge in [-0.2, -0.15) is 0 Å². The minimum atomic E-state index is -0.000171. The first-order chi connectivity index (χ1) is 9.84. The third kappa shape index (κ3) is 4.70. The highest BCUT2D eigenvalue weighted by molar-refractivity contribution is 7.09. The predicted molar refractivity (Wildman–Crippen MR) is 84.5 cm³/mol. The lowest BCUT2D eigenvalue weighted by Gasteiger charge is -2.14. The summed E-state index contributed by atoms with van der Waals surface area (Å²) in [5, 5.41) is 6.01. The van der Waals surface area contributed by atoms with Crippen LogP contribution in [0.2, 0.25) is 0 Å². The molecule has 5 heteroatoms. The van der Waals surface area contributed by atoms with Crippen LogP contribution in [0.5, 0.6) is 0 Å². The summed E-state index contributed by atoms with van der Waals surface area (Å²) >= 11 is 1.62. The lowest BCUT2D eigenvalue weighted by atomic mass is 9.98. The van der Waals surface area contributed by atoms with E-state index in [1.54, 1.807) is 17.6 Å². The van der Waals surface area contributed by atoms with Gasteiger partial charge in [0.05, 0.1) is 23.4 Å². The average molecular weight is 306 g/mol. The average Bonchev–Trinajstić information content (AvgIpc) is 2.98. The van der Waals surface area contributed by atoms with Gasteiger partial charge in [0, 0.05) is 23.3 Å². The normalized spacial score (nSPS) is 13.1. The maximum atomic E-state index is 12.0. The number of furan rings is 1. The molecule has 0 saturated heterocycles. The third-order valence-electron chi connectivity index (χ3n) is 3.03.